The fraction of sp³-hybridized carbons (Fsp3) is 0.0556. The molecule has 4 aromatic rings. The van der Waals surface area contributed by atoms with Gasteiger partial charge >= 0.3 is 5.97 Å². The number of hydrogen-bond acceptors (Lipinski definition) is 6. The molecular weight excluding hydrogens is 320 g/mol. The van der Waals surface area contributed by atoms with Crippen molar-refractivity contribution >= 4 is 34.0 Å². The summed E-state index contributed by atoms with van der Waals surface area (Å²) >= 11 is 0. The Balaban J connectivity index is 2.03. The second-order valence-electron chi connectivity index (χ2n) is 5.55. The van der Waals surface area contributed by atoms with Gasteiger partial charge in [0.2, 0.25) is 0 Å². The standard InChI is InChI=1S/C18H14N4O3/c1-25-18(24)13-15-17(22-16(13)19)21-14-11(6-3-7-12(14)20-15)9-4-2-5-10(23)8-9/h2-8,23H,19H2,1H3,(H,21,22). The monoisotopic (exact) mass is 334 g/mol. The number of H-pyrrole nitrogens is 1. The van der Waals surface area contributed by atoms with Crippen LogP contribution in [0.5, 0.6) is 5.75 Å². The molecule has 0 aliphatic carbocycles. The average molecular weight is 334 g/mol. The lowest BCUT2D eigenvalue weighted by molar-refractivity contribution is 0.0604. The molecule has 4 rings (SSSR count). The first-order valence-electron chi connectivity index (χ1n) is 7.54. The highest BCUT2D eigenvalue weighted by atomic mass is 16.5. The molecule has 2 aromatic heterocycles. The number of methoxy groups -OCH3 is 1. The van der Waals surface area contributed by atoms with Crippen molar-refractivity contribution in [2.75, 3.05) is 12.8 Å². The Labute approximate surface area is 142 Å². The van der Waals surface area contributed by atoms with E-state index in [4.69, 9.17) is 10.5 Å². The fourth-order valence-electron chi connectivity index (χ4n) is 2.87. The lowest BCUT2D eigenvalue weighted by Crippen LogP contribution is -2.04. The minimum atomic E-state index is -0.568. The molecule has 0 unspecified atom stereocenters. The number of nitrogens with one attached hydrogen (secondary N) is 1. The van der Waals surface area contributed by atoms with Gasteiger partial charge in [0.05, 0.1) is 18.1 Å². The maximum Gasteiger partial charge on any atom is 0.343 e. The summed E-state index contributed by atoms with van der Waals surface area (Å²) in [6.07, 6.45) is 0. The van der Waals surface area contributed by atoms with E-state index < -0.39 is 5.97 Å². The second kappa shape index (κ2) is 5.48. The number of carbonyl (C=O) groups excluding carboxylic acids is 1. The molecule has 0 aliphatic heterocycles. The Morgan fingerprint density at radius 2 is 1.96 bits per heavy atom. The van der Waals surface area contributed by atoms with Crippen LogP contribution in [-0.2, 0) is 4.74 Å². The van der Waals surface area contributed by atoms with Crippen LogP contribution in [0.1, 0.15) is 10.4 Å². The van der Waals surface area contributed by atoms with Crippen LogP contribution in [0.4, 0.5) is 5.82 Å². The molecule has 0 radical (unpaired) electrons. The molecule has 7 heteroatoms. The number of para-hydroxylation sites is 1. The summed E-state index contributed by atoms with van der Waals surface area (Å²) in [6.45, 7) is 0. The van der Waals surface area contributed by atoms with Gasteiger partial charge in [-0.3, -0.25) is 0 Å². The molecule has 25 heavy (non-hydrogen) atoms. The van der Waals surface area contributed by atoms with Gasteiger partial charge < -0.3 is 20.6 Å². The number of aromatic amines is 1. The molecule has 0 spiro atoms. The summed E-state index contributed by atoms with van der Waals surface area (Å²) in [7, 11) is 1.29. The number of phenolic OH excluding ortho intramolecular Hbond substituents is 1. The van der Waals surface area contributed by atoms with Gasteiger partial charge in [-0.1, -0.05) is 24.3 Å². The molecular formula is C18H14N4O3. The van der Waals surface area contributed by atoms with E-state index in [9.17, 15) is 9.90 Å². The maximum absolute atomic E-state index is 12.0. The topological polar surface area (TPSA) is 114 Å². The largest absolute Gasteiger partial charge is 0.508 e. The minimum Gasteiger partial charge on any atom is -0.508 e. The van der Waals surface area contributed by atoms with Gasteiger partial charge in [0.1, 0.15) is 22.6 Å². The number of anilines is 1. The Hall–Kier alpha value is -3.61. The number of rotatable bonds is 2. The summed E-state index contributed by atoms with van der Waals surface area (Å²) in [6, 6.07) is 12.4. The van der Waals surface area contributed by atoms with E-state index >= 15 is 0 Å². The number of ether oxygens (including phenoxy) is 1. The van der Waals surface area contributed by atoms with Gasteiger partial charge in [0.15, 0.2) is 5.65 Å². The van der Waals surface area contributed by atoms with Crippen molar-refractivity contribution in [3.63, 3.8) is 0 Å². The number of benzene rings is 2. The van der Waals surface area contributed by atoms with Crippen LogP contribution in [0.25, 0.3) is 33.3 Å². The predicted octanol–water partition coefficient (Wildman–Crippen LogP) is 2.85. The molecule has 0 amide bonds. The van der Waals surface area contributed by atoms with Crippen LogP contribution < -0.4 is 5.73 Å². The van der Waals surface area contributed by atoms with E-state index in [1.807, 2.05) is 18.2 Å². The molecule has 0 fully saturated rings. The zero-order valence-corrected chi connectivity index (χ0v) is 13.3. The number of nitrogens with zero attached hydrogens (tertiary/aromatic N) is 2. The number of nitrogens with two attached hydrogens (primary N) is 1. The highest BCUT2D eigenvalue weighted by molar-refractivity contribution is 6.08. The normalized spacial score (nSPS) is 11.1. The zero-order valence-electron chi connectivity index (χ0n) is 13.3. The lowest BCUT2D eigenvalue weighted by atomic mass is 10.0. The Kier molecular flexibility index (Phi) is 3.28. The first-order chi connectivity index (χ1) is 12.1. The molecule has 7 nitrogen and oxygen atoms in total. The Bertz CT molecular complexity index is 1130. The highest BCUT2D eigenvalue weighted by Gasteiger charge is 2.21. The van der Waals surface area contributed by atoms with E-state index in [1.165, 1.54) is 7.11 Å². The van der Waals surface area contributed by atoms with Crippen molar-refractivity contribution in [1.29, 1.82) is 0 Å². The summed E-state index contributed by atoms with van der Waals surface area (Å²) in [5, 5.41) is 9.74. The van der Waals surface area contributed by atoms with Crippen molar-refractivity contribution in [3.05, 3.63) is 48.0 Å². The van der Waals surface area contributed by atoms with Gasteiger partial charge in [0, 0.05) is 5.56 Å². The number of esters is 1. The highest BCUT2D eigenvalue weighted by Crippen LogP contribution is 2.31. The second-order valence-corrected chi connectivity index (χ2v) is 5.55. The third kappa shape index (κ3) is 2.33. The summed E-state index contributed by atoms with van der Waals surface area (Å²) in [4.78, 5) is 24.0. The van der Waals surface area contributed by atoms with Crippen molar-refractivity contribution < 1.29 is 14.6 Å². The van der Waals surface area contributed by atoms with Gasteiger partial charge in [-0.2, -0.15) is 0 Å². The summed E-state index contributed by atoms with van der Waals surface area (Å²) < 4.78 is 4.77. The molecule has 4 N–H and O–H groups in total. The molecule has 124 valence electrons. The fourth-order valence-corrected chi connectivity index (χ4v) is 2.87. The van der Waals surface area contributed by atoms with Gasteiger partial charge in [-0.25, -0.2) is 14.8 Å². The maximum atomic E-state index is 12.0. The van der Waals surface area contributed by atoms with Crippen LogP contribution >= 0.6 is 0 Å². The lowest BCUT2D eigenvalue weighted by Gasteiger charge is -2.06. The molecule has 2 heterocycles. The number of aromatic nitrogens is 3. The number of hydrogen-bond donors (Lipinski definition) is 3. The van der Waals surface area contributed by atoms with Crippen molar-refractivity contribution in [1.82, 2.24) is 15.0 Å². The van der Waals surface area contributed by atoms with Gasteiger partial charge in [-0.15, -0.1) is 0 Å². The van der Waals surface area contributed by atoms with E-state index in [0.29, 0.717) is 22.2 Å². The number of fused-ring (bicyclic) bond motifs is 2. The SMILES string of the molecule is COC(=O)c1c(N)[nH]c2nc3c(-c4cccc(O)c4)cccc3nc12. The molecule has 0 atom stereocenters. The van der Waals surface area contributed by atoms with Gasteiger partial charge in [-0.05, 0) is 23.8 Å². The Morgan fingerprint density at radius 1 is 1.16 bits per heavy atom. The number of phenols is 1. The van der Waals surface area contributed by atoms with E-state index in [-0.39, 0.29) is 17.1 Å². The van der Waals surface area contributed by atoms with Crippen LogP contribution in [0.2, 0.25) is 0 Å². The van der Waals surface area contributed by atoms with Crippen LogP contribution in [0.3, 0.4) is 0 Å². The smallest absolute Gasteiger partial charge is 0.343 e. The average Bonchev–Trinajstić information content (AvgIpc) is 2.93. The van der Waals surface area contributed by atoms with Gasteiger partial charge in [0.25, 0.3) is 0 Å². The van der Waals surface area contributed by atoms with E-state index in [1.54, 1.807) is 24.3 Å². The van der Waals surface area contributed by atoms with Crippen molar-refractivity contribution in [2.24, 2.45) is 0 Å². The number of aromatic hydroxyl groups is 1. The van der Waals surface area contributed by atoms with E-state index in [0.717, 1.165) is 11.1 Å². The van der Waals surface area contributed by atoms with E-state index in [2.05, 4.69) is 15.0 Å². The molecule has 0 saturated heterocycles. The first-order valence-corrected chi connectivity index (χ1v) is 7.54. The molecule has 2 aromatic carbocycles. The van der Waals surface area contributed by atoms with Crippen LogP contribution in [0, 0.1) is 0 Å². The van der Waals surface area contributed by atoms with Crippen molar-refractivity contribution in [2.45, 2.75) is 0 Å². The van der Waals surface area contributed by atoms with Crippen LogP contribution in [0.15, 0.2) is 42.5 Å². The van der Waals surface area contributed by atoms with Crippen molar-refractivity contribution in [3.8, 4) is 16.9 Å². The summed E-state index contributed by atoms with van der Waals surface area (Å²) in [5.41, 5.74) is 9.71. The summed E-state index contributed by atoms with van der Waals surface area (Å²) in [5.74, 6) is -0.238. The first kappa shape index (κ1) is 14.9. The van der Waals surface area contributed by atoms with Crippen LogP contribution in [-0.4, -0.2) is 33.1 Å². The third-order valence-electron chi connectivity index (χ3n) is 4.00. The predicted molar refractivity (Wildman–Crippen MR) is 94.2 cm³/mol. The molecule has 0 aliphatic rings. The number of carbonyl (C=O) groups is 1. The molecule has 0 bridgehead atoms. The minimum absolute atomic E-state index is 0.163. The quantitative estimate of drug-likeness (QED) is 0.486. The molecule has 0 saturated carbocycles. The Morgan fingerprint density at radius 3 is 2.72 bits per heavy atom. The zero-order chi connectivity index (χ0) is 17.6. The number of nitrogen functional groups attached to an aromatic ring is 1. The third-order valence-corrected chi connectivity index (χ3v) is 4.00.